The predicted molar refractivity (Wildman–Crippen MR) is 51.9 cm³/mol. The monoisotopic (exact) mass is 166 g/mol. The zero-order chi connectivity index (χ0) is 9.14. The summed E-state index contributed by atoms with van der Waals surface area (Å²) in [6.07, 6.45) is 5.02. The number of aliphatic hydroxyl groups is 1. The Kier molecular flexibility index (Phi) is 3.10. The molecule has 0 bridgehead atoms. The molecule has 0 aromatic rings. The first-order valence-corrected chi connectivity index (χ1v) is 4.58. The maximum atomic E-state index is 9.56. The molecule has 1 N–H and O–H groups in total. The summed E-state index contributed by atoms with van der Waals surface area (Å²) in [5.74, 6) is 0.612. The summed E-state index contributed by atoms with van der Waals surface area (Å²) in [7, 11) is 0. The van der Waals surface area contributed by atoms with Crippen molar-refractivity contribution in [2.45, 2.75) is 39.2 Å². The quantitative estimate of drug-likeness (QED) is 0.625. The van der Waals surface area contributed by atoms with Gasteiger partial charge in [-0.15, -0.1) is 6.58 Å². The Hall–Kier alpha value is -0.560. The summed E-state index contributed by atoms with van der Waals surface area (Å²) in [6.45, 7) is 7.95. The highest BCUT2D eigenvalue weighted by Crippen LogP contribution is 2.27. The molecule has 2 unspecified atom stereocenters. The SMILES string of the molecule is C=C(C)CC1CC=C(C)C(O)C1. The largest absolute Gasteiger partial charge is 0.389 e. The van der Waals surface area contributed by atoms with Crippen LogP contribution >= 0.6 is 0 Å². The van der Waals surface area contributed by atoms with Crippen molar-refractivity contribution in [2.75, 3.05) is 0 Å². The normalized spacial score (nSPS) is 29.8. The molecule has 0 aromatic heterocycles. The summed E-state index contributed by atoms with van der Waals surface area (Å²) in [6, 6.07) is 0. The van der Waals surface area contributed by atoms with Crippen LogP contribution in [0.3, 0.4) is 0 Å². The van der Waals surface area contributed by atoms with E-state index in [4.69, 9.17) is 0 Å². The highest BCUT2D eigenvalue weighted by atomic mass is 16.3. The third-order valence-electron chi connectivity index (χ3n) is 2.49. The molecule has 1 rings (SSSR count). The minimum atomic E-state index is -0.205. The molecule has 0 heterocycles. The Morgan fingerprint density at radius 3 is 2.92 bits per heavy atom. The first kappa shape index (κ1) is 9.53. The predicted octanol–water partition coefficient (Wildman–Crippen LogP) is 2.67. The Labute approximate surface area is 74.8 Å². The number of allylic oxidation sites excluding steroid dienone is 2. The molecule has 0 radical (unpaired) electrons. The molecule has 0 spiro atoms. The standard InChI is InChI=1S/C11H18O/c1-8(2)6-10-5-4-9(3)11(12)7-10/h4,10-12H,1,5-7H2,2-3H3. The van der Waals surface area contributed by atoms with Crippen molar-refractivity contribution in [3.63, 3.8) is 0 Å². The second kappa shape index (κ2) is 3.90. The molecular formula is C11H18O. The van der Waals surface area contributed by atoms with Crippen molar-refractivity contribution < 1.29 is 5.11 Å². The van der Waals surface area contributed by atoms with E-state index in [1.807, 2.05) is 6.92 Å². The van der Waals surface area contributed by atoms with Crippen LogP contribution in [0.1, 0.15) is 33.1 Å². The van der Waals surface area contributed by atoms with Crippen molar-refractivity contribution in [3.8, 4) is 0 Å². The molecule has 1 nitrogen and oxygen atoms in total. The van der Waals surface area contributed by atoms with Crippen molar-refractivity contribution in [2.24, 2.45) is 5.92 Å². The Balaban J connectivity index is 2.47. The molecule has 68 valence electrons. The first-order valence-electron chi connectivity index (χ1n) is 4.58. The summed E-state index contributed by atoms with van der Waals surface area (Å²) in [5, 5.41) is 9.56. The van der Waals surface area contributed by atoms with Gasteiger partial charge in [-0.05, 0) is 44.6 Å². The van der Waals surface area contributed by atoms with Crippen LogP contribution in [0, 0.1) is 5.92 Å². The van der Waals surface area contributed by atoms with Crippen LogP contribution in [-0.4, -0.2) is 11.2 Å². The highest BCUT2D eigenvalue weighted by Gasteiger charge is 2.19. The fourth-order valence-electron chi connectivity index (χ4n) is 1.75. The molecule has 1 aliphatic rings. The molecular weight excluding hydrogens is 148 g/mol. The molecule has 2 atom stereocenters. The van der Waals surface area contributed by atoms with Crippen molar-refractivity contribution >= 4 is 0 Å². The van der Waals surface area contributed by atoms with Gasteiger partial charge in [-0.1, -0.05) is 11.6 Å². The molecule has 0 aliphatic heterocycles. The summed E-state index contributed by atoms with van der Waals surface area (Å²) in [5.41, 5.74) is 2.35. The molecule has 1 aliphatic carbocycles. The summed E-state index contributed by atoms with van der Waals surface area (Å²) < 4.78 is 0. The third kappa shape index (κ3) is 2.49. The topological polar surface area (TPSA) is 20.2 Å². The second-order valence-corrected chi connectivity index (χ2v) is 3.96. The van der Waals surface area contributed by atoms with Gasteiger partial charge >= 0.3 is 0 Å². The Morgan fingerprint density at radius 2 is 2.42 bits per heavy atom. The van der Waals surface area contributed by atoms with Crippen molar-refractivity contribution in [1.29, 1.82) is 0 Å². The van der Waals surface area contributed by atoms with E-state index in [0.717, 1.165) is 24.8 Å². The third-order valence-corrected chi connectivity index (χ3v) is 2.49. The van der Waals surface area contributed by atoms with E-state index in [2.05, 4.69) is 19.6 Å². The van der Waals surface area contributed by atoms with Crippen LogP contribution in [0.4, 0.5) is 0 Å². The van der Waals surface area contributed by atoms with Gasteiger partial charge in [0.2, 0.25) is 0 Å². The average molecular weight is 166 g/mol. The van der Waals surface area contributed by atoms with Gasteiger partial charge in [0.25, 0.3) is 0 Å². The first-order chi connectivity index (χ1) is 5.59. The second-order valence-electron chi connectivity index (χ2n) is 3.96. The van der Waals surface area contributed by atoms with Gasteiger partial charge in [0.05, 0.1) is 6.10 Å². The molecule has 0 aromatic carbocycles. The minimum absolute atomic E-state index is 0.205. The average Bonchev–Trinajstić information content (AvgIpc) is 1.96. The van der Waals surface area contributed by atoms with Gasteiger partial charge in [-0.25, -0.2) is 0 Å². The fraction of sp³-hybridized carbons (Fsp3) is 0.636. The van der Waals surface area contributed by atoms with Crippen molar-refractivity contribution in [1.82, 2.24) is 0 Å². The van der Waals surface area contributed by atoms with Gasteiger partial charge in [0, 0.05) is 0 Å². The van der Waals surface area contributed by atoms with Crippen LogP contribution < -0.4 is 0 Å². The van der Waals surface area contributed by atoms with E-state index in [9.17, 15) is 5.11 Å². The maximum absolute atomic E-state index is 9.56. The van der Waals surface area contributed by atoms with E-state index >= 15 is 0 Å². The number of hydrogen-bond acceptors (Lipinski definition) is 1. The highest BCUT2D eigenvalue weighted by molar-refractivity contribution is 5.10. The van der Waals surface area contributed by atoms with Crippen LogP contribution in [-0.2, 0) is 0 Å². The molecule has 1 heteroatoms. The van der Waals surface area contributed by atoms with Crippen molar-refractivity contribution in [3.05, 3.63) is 23.8 Å². The van der Waals surface area contributed by atoms with E-state index < -0.39 is 0 Å². The number of rotatable bonds is 2. The van der Waals surface area contributed by atoms with E-state index in [1.54, 1.807) is 0 Å². The lowest BCUT2D eigenvalue weighted by Gasteiger charge is -2.24. The van der Waals surface area contributed by atoms with Gasteiger partial charge in [0.15, 0.2) is 0 Å². The van der Waals surface area contributed by atoms with E-state index in [0.29, 0.717) is 5.92 Å². The maximum Gasteiger partial charge on any atom is 0.0750 e. The van der Waals surface area contributed by atoms with Gasteiger partial charge in [0.1, 0.15) is 0 Å². The fourth-order valence-corrected chi connectivity index (χ4v) is 1.75. The smallest absolute Gasteiger partial charge is 0.0750 e. The molecule has 0 saturated carbocycles. The lowest BCUT2D eigenvalue weighted by molar-refractivity contribution is 0.166. The number of hydrogen-bond donors (Lipinski definition) is 1. The van der Waals surface area contributed by atoms with Gasteiger partial charge < -0.3 is 5.11 Å². The minimum Gasteiger partial charge on any atom is -0.389 e. The molecule has 0 amide bonds. The molecule has 12 heavy (non-hydrogen) atoms. The molecule has 0 saturated heterocycles. The Morgan fingerprint density at radius 1 is 1.75 bits per heavy atom. The lowest BCUT2D eigenvalue weighted by atomic mass is 9.84. The van der Waals surface area contributed by atoms with Crippen LogP contribution in [0.25, 0.3) is 0 Å². The summed E-state index contributed by atoms with van der Waals surface area (Å²) in [4.78, 5) is 0. The van der Waals surface area contributed by atoms with Crippen LogP contribution in [0.15, 0.2) is 23.8 Å². The van der Waals surface area contributed by atoms with Crippen LogP contribution in [0.5, 0.6) is 0 Å². The van der Waals surface area contributed by atoms with Gasteiger partial charge in [-0.3, -0.25) is 0 Å². The van der Waals surface area contributed by atoms with E-state index in [1.165, 1.54) is 5.57 Å². The van der Waals surface area contributed by atoms with Crippen LogP contribution in [0.2, 0.25) is 0 Å². The molecule has 0 fully saturated rings. The Bertz CT molecular complexity index is 203. The summed E-state index contributed by atoms with van der Waals surface area (Å²) >= 11 is 0. The van der Waals surface area contributed by atoms with Gasteiger partial charge in [-0.2, -0.15) is 0 Å². The lowest BCUT2D eigenvalue weighted by Crippen LogP contribution is -2.19. The zero-order valence-electron chi connectivity index (χ0n) is 8.01. The van der Waals surface area contributed by atoms with E-state index in [-0.39, 0.29) is 6.10 Å². The number of aliphatic hydroxyl groups excluding tert-OH is 1. The zero-order valence-corrected chi connectivity index (χ0v) is 8.01.